The molecule has 1 saturated heterocycles. The molecule has 66 valence electrons. The molecule has 0 unspecified atom stereocenters. The first-order valence-corrected chi connectivity index (χ1v) is 4.77. The van der Waals surface area contributed by atoms with Crippen LogP contribution >= 0.6 is 0 Å². The van der Waals surface area contributed by atoms with E-state index in [-0.39, 0.29) is 5.54 Å². The maximum atomic E-state index is 4.14. The first kappa shape index (κ1) is 9.01. The van der Waals surface area contributed by atoms with E-state index in [4.69, 9.17) is 0 Å². The van der Waals surface area contributed by atoms with E-state index in [9.17, 15) is 0 Å². The summed E-state index contributed by atoms with van der Waals surface area (Å²) >= 11 is 0. The molecule has 1 aliphatic rings. The first-order valence-electron chi connectivity index (χ1n) is 4.77. The lowest BCUT2D eigenvalue weighted by Gasteiger charge is -2.27. The van der Waals surface area contributed by atoms with Gasteiger partial charge in [-0.05, 0) is 33.1 Å². The van der Waals surface area contributed by atoms with Gasteiger partial charge in [0.2, 0.25) is 0 Å². The Hall–Kier alpha value is -0.0800. The minimum atomic E-state index is 0.271. The van der Waals surface area contributed by atoms with Gasteiger partial charge in [-0.25, -0.2) is 0 Å². The highest BCUT2D eigenvalue weighted by atomic mass is 15.1. The number of rotatable bonds is 2. The molecule has 0 amide bonds. The number of piperidine rings is 1. The molecule has 1 rings (SSSR count). The van der Waals surface area contributed by atoms with E-state index in [1.165, 1.54) is 38.9 Å². The molecular weight excluding hydrogens is 136 g/mol. The van der Waals surface area contributed by atoms with Crippen molar-refractivity contribution in [2.75, 3.05) is 19.6 Å². The number of quaternary nitrogens is 2. The van der Waals surface area contributed by atoms with Crippen molar-refractivity contribution in [3.63, 3.8) is 0 Å². The Balaban J connectivity index is 2.24. The Labute approximate surface area is 69.8 Å². The van der Waals surface area contributed by atoms with Crippen molar-refractivity contribution in [2.45, 2.75) is 38.6 Å². The molecule has 0 aliphatic carbocycles. The SMILES string of the molecule is CC(C)([NH3+])C[NH+]1CCCCC1. The lowest BCUT2D eigenvalue weighted by Crippen LogP contribution is -3.16. The summed E-state index contributed by atoms with van der Waals surface area (Å²) in [4.78, 5) is 1.76. The van der Waals surface area contributed by atoms with Crippen LogP contribution in [0.15, 0.2) is 0 Å². The summed E-state index contributed by atoms with van der Waals surface area (Å²) in [6, 6.07) is 0. The van der Waals surface area contributed by atoms with Gasteiger partial charge in [-0.3, -0.25) is 0 Å². The summed E-state index contributed by atoms with van der Waals surface area (Å²) in [5.41, 5.74) is 4.41. The van der Waals surface area contributed by atoms with Gasteiger partial charge in [0.05, 0.1) is 13.1 Å². The van der Waals surface area contributed by atoms with Gasteiger partial charge in [0.15, 0.2) is 0 Å². The van der Waals surface area contributed by atoms with Crippen LogP contribution in [-0.4, -0.2) is 25.2 Å². The predicted molar refractivity (Wildman–Crippen MR) is 46.4 cm³/mol. The van der Waals surface area contributed by atoms with Crippen molar-refractivity contribution in [2.24, 2.45) is 0 Å². The molecule has 0 spiro atoms. The number of likely N-dealkylation sites (tertiary alicyclic amines) is 1. The molecule has 2 nitrogen and oxygen atoms in total. The topological polar surface area (TPSA) is 32.1 Å². The Morgan fingerprint density at radius 3 is 2.18 bits per heavy atom. The van der Waals surface area contributed by atoms with Gasteiger partial charge in [0.1, 0.15) is 12.1 Å². The molecule has 4 N–H and O–H groups in total. The first-order chi connectivity index (χ1) is 5.08. The highest BCUT2D eigenvalue weighted by Crippen LogP contribution is 1.96. The van der Waals surface area contributed by atoms with E-state index in [2.05, 4.69) is 19.6 Å². The minimum Gasteiger partial charge on any atom is -0.349 e. The second-order valence-electron chi connectivity index (χ2n) is 4.65. The van der Waals surface area contributed by atoms with E-state index in [0.29, 0.717) is 0 Å². The molecule has 0 aromatic rings. The van der Waals surface area contributed by atoms with Crippen molar-refractivity contribution < 1.29 is 10.6 Å². The average Bonchev–Trinajstić information content (AvgIpc) is 1.85. The molecule has 1 fully saturated rings. The standard InChI is InChI=1S/C9H20N2/c1-9(2,10)8-11-6-4-3-5-7-11/h3-8,10H2,1-2H3/p+2. The van der Waals surface area contributed by atoms with E-state index in [1.807, 2.05) is 0 Å². The van der Waals surface area contributed by atoms with Gasteiger partial charge < -0.3 is 10.6 Å². The van der Waals surface area contributed by atoms with Crippen molar-refractivity contribution in [3.8, 4) is 0 Å². The number of hydrogen-bond acceptors (Lipinski definition) is 0. The van der Waals surface area contributed by atoms with Crippen LogP contribution in [0.4, 0.5) is 0 Å². The van der Waals surface area contributed by atoms with Crippen LogP contribution < -0.4 is 10.6 Å². The Morgan fingerprint density at radius 2 is 1.73 bits per heavy atom. The molecule has 1 aliphatic heterocycles. The van der Waals surface area contributed by atoms with Gasteiger partial charge in [-0.15, -0.1) is 0 Å². The number of nitrogens with one attached hydrogen (secondary N) is 1. The van der Waals surface area contributed by atoms with Crippen molar-refractivity contribution in [3.05, 3.63) is 0 Å². The highest BCUT2D eigenvalue weighted by molar-refractivity contribution is 4.60. The fraction of sp³-hybridized carbons (Fsp3) is 1.00. The lowest BCUT2D eigenvalue weighted by molar-refractivity contribution is -0.918. The summed E-state index contributed by atoms with van der Waals surface area (Å²) in [7, 11) is 0. The lowest BCUT2D eigenvalue weighted by atomic mass is 10.0. The van der Waals surface area contributed by atoms with Crippen LogP contribution in [0.3, 0.4) is 0 Å². The zero-order valence-electron chi connectivity index (χ0n) is 7.95. The quantitative estimate of drug-likeness (QED) is 0.521. The molecule has 0 aromatic carbocycles. The van der Waals surface area contributed by atoms with Crippen molar-refractivity contribution in [1.82, 2.24) is 0 Å². The summed E-state index contributed by atoms with van der Waals surface area (Å²) in [5, 5.41) is 0. The normalized spacial score (nSPS) is 22.1. The average molecular weight is 158 g/mol. The zero-order chi connectivity index (χ0) is 8.32. The van der Waals surface area contributed by atoms with E-state index >= 15 is 0 Å². The summed E-state index contributed by atoms with van der Waals surface area (Å²) in [6.07, 6.45) is 4.29. The fourth-order valence-electron chi connectivity index (χ4n) is 1.91. The largest absolute Gasteiger partial charge is 0.349 e. The van der Waals surface area contributed by atoms with Gasteiger partial charge >= 0.3 is 0 Å². The van der Waals surface area contributed by atoms with Crippen LogP contribution in [0.2, 0.25) is 0 Å². The molecular formula is C9H22N2+2. The number of hydrogen-bond donors (Lipinski definition) is 2. The Kier molecular flexibility index (Phi) is 2.90. The van der Waals surface area contributed by atoms with Gasteiger partial charge in [-0.1, -0.05) is 0 Å². The monoisotopic (exact) mass is 158 g/mol. The molecule has 0 saturated carbocycles. The van der Waals surface area contributed by atoms with E-state index in [0.717, 1.165) is 0 Å². The van der Waals surface area contributed by atoms with Crippen LogP contribution in [-0.2, 0) is 0 Å². The molecule has 0 bridgehead atoms. The van der Waals surface area contributed by atoms with Crippen LogP contribution in [0.1, 0.15) is 33.1 Å². The van der Waals surface area contributed by atoms with Gasteiger partial charge in [0, 0.05) is 0 Å². The molecule has 0 aromatic heterocycles. The van der Waals surface area contributed by atoms with Gasteiger partial charge in [-0.2, -0.15) is 0 Å². The van der Waals surface area contributed by atoms with Crippen LogP contribution in [0.25, 0.3) is 0 Å². The maximum Gasteiger partial charge on any atom is 0.138 e. The molecule has 1 heterocycles. The highest BCUT2D eigenvalue weighted by Gasteiger charge is 2.24. The molecule has 0 radical (unpaired) electrons. The van der Waals surface area contributed by atoms with E-state index < -0.39 is 0 Å². The van der Waals surface area contributed by atoms with Crippen LogP contribution in [0.5, 0.6) is 0 Å². The zero-order valence-corrected chi connectivity index (χ0v) is 7.95. The third-order valence-corrected chi connectivity index (χ3v) is 2.29. The molecule has 0 atom stereocenters. The van der Waals surface area contributed by atoms with Crippen LogP contribution in [0, 0.1) is 0 Å². The summed E-state index contributed by atoms with van der Waals surface area (Å²) < 4.78 is 0. The third-order valence-electron chi connectivity index (χ3n) is 2.29. The Bertz CT molecular complexity index is 109. The van der Waals surface area contributed by atoms with Crippen molar-refractivity contribution in [1.29, 1.82) is 0 Å². The molecule has 2 heteroatoms. The maximum absolute atomic E-state index is 4.14. The van der Waals surface area contributed by atoms with Gasteiger partial charge in [0.25, 0.3) is 0 Å². The second kappa shape index (κ2) is 3.55. The molecule has 11 heavy (non-hydrogen) atoms. The van der Waals surface area contributed by atoms with E-state index in [1.54, 1.807) is 4.90 Å². The predicted octanol–water partition coefficient (Wildman–Crippen LogP) is -0.924. The van der Waals surface area contributed by atoms with Crippen molar-refractivity contribution >= 4 is 0 Å². The Morgan fingerprint density at radius 1 is 1.18 bits per heavy atom. The second-order valence-corrected chi connectivity index (χ2v) is 4.65. The fourth-order valence-corrected chi connectivity index (χ4v) is 1.91. The smallest absolute Gasteiger partial charge is 0.138 e. The summed E-state index contributed by atoms with van der Waals surface area (Å²) in [6.45, 7) is 8.45. The summed E-state index contributed by atoms with van der Waals surface area (Å²) in [5.74, 6) is 0. The third kappa shape index (κ3) is 3.73. The minimum absolute atomic E-state index is 0.271.